The van der Waals surface area contributed by atoms with Gasteiger partial charge in [0.2, 0.25) is 11.8 Å². The van der Waals surface area contributed by atoms with Gasteiger partial charge in [-0.1, -0.05) is 26.2 Å². The third kappa shape index (κ3) is 21.3. The molecule has 0 bridgehead atoms. The number of amides is 6. The van der Waals surface area contributed by atoms with Crippen LogP contribution in [-0.4, -0.2) is 166 Å². The molecule has 4 fully saturated rings. The number of carbonyl (C=O) groups excluding carboxylic acids is 8. The molecule has 0 radical (unpaired) electrons. The lowest BCUT2D eigenvalue weighted by Gasteiger charge is -2.34. The molecule has 3 saturated heterocycles. The number of nitrogens with one attached hydrogen (secondary N) is 9. The van der Waals surface area contributed by atoms with E-state index in [9.17, 15) is 55.9 Å². The molecule has 1 aliphatic carbocycles. The van der Waals surface area contributed by atoms with E-state index in [-0.39, 0.29) is 95.1 Å². The van der Waals surface area contributed by atoms with E-state index in [1.807, 2.05) is 72.2 Å². The number of ketones is 2. The van der Waals surface area contributed by atoms with Gasteiger partial charge in [0, 0.05) is 156 Å². The summed E-state index contributed by atoms with van der Waals surface area (Å²) in [7, 11) is 4.03. The minimum atomic E-state index is -0.384. The summed E-state index contributed by atoms with van der Waals surface area (Å²) in [6, 6.07) is 17.4. The minimum absolute atomic E-state index is 0. The van der Waals surface area contributed by atoms with Gasteiger partial charge in [-0.25, -0.2) is 17.6 Å². The topological polar surface area (TPSA) is 273 Å². The number of aromatic amines is 4. The van der Waals surface area contributed by atoms with E-state index < -0.39 is 0 Å². The Morgan fingerprint density at radius 2 is 0.752 bits per heavy atom. The maximum absolute atomic E-state index is 13.7. The van der Waals surface area contributed by atoms with Crippen LogP contribution in [0.25, 0.3) is 46.6 Å². The maximum atomic E-state index is 13.7. The molecule has 0 unspecified atom stereocenters. The SMILES string of the molecule is CCN1CCN(C(=O)Cc2c(C)[nH]c(/C=C3\C(=O)Nc4ccc(F)cc43)c2C)CC1.Cc1[nH]c(/C=C2\C(=O)Nc3ccc(F)cc32)c(C)c1CC(=O)CC1CCN(C)CC1.Cc1[nH]c(/C=C2\C(=O)Nc3ccc(F)cc32)c(C)c1CC(=O)CC1CCNCC1.Cc1[nH]c(/C=C2\C(=O)Nc3ccc(F)cc32)c(C)c1CC(=O)N(C)C1CCCCC1.Cl.Cl. The molecule has 121 heavy (non-hydrogen) atoms. The number of piperidine rings is 2. The van der Waals surface area contributed by atoms with E-state index in [4.69, 9.17) is 0 Å². The fraction of sp³-hybridized carbons (Fsp3) is 0.404. The van der Waals surface area contributed by atoms with Crippen molar-refractivity contribution in [3.05, 3.63) is 208 Å². The first-order valence-electron chi connectivity index (χ1n) is 41.7. The van der Waals surface area contributed by atoms with Crippen LogP contribution in [0, 0.1) is 90.5 Å². The number of hydrogen-bond acceptors (Lipinski definition) is 11. The number of nitrogens with zero attached hydrogens (tertiary/aromatic N) is 4. The highest BCUT2D eigenvalue weighted by Crippen LogP contribution is 2.40. The lowest BCUT2D eigenvalue weighted by atomic mass is 9.89. The number of anilines is 4. The number of H-pyrrole nitrogens is 4. The lowest BCUT2D eigenvalue weighted by molar-refractivity contribution is -0.132. The molecule has 9 N–H and O–H groups in total. The van der Waals surface area contributed by atoms with Crippen molar-refractivity contribution >= 4 is 141 Å². The van der Waals surface area contributed by atoms with Crippen molar-refractivity contribution in [1.82, 2.24) is 44.9 Å². The van der Waals surface area contributed by atoms with Crippen molar-refractivity contribution in [2.24, 2.45) is 11.8 Å². The number of fused-ring (bicyclic) bond motifs is 4. The summed E-state index contributed by atoms with van der Waals surface area (Å²) in [5.74, 6) is -0.815. The highest BCUT2D eigenvalue weighted by atomic mass is 35.5. The Labute approximate surface area is 717 Å². The zero-order valence-electron chi connectivity index (χ0n) is 70.8. The van der Waals surface area contributed by atoms with Crippen molar-refractivity contribution in [1.29, 1.82) is 0 Å². The monoisotopic (exact) mass is 1700 g/mol. The number of hydrogen-bond donors (Lipinski definition) is 9. The van der Waals surface area contributed by atoms with E-state index in [0.717, 1.165) is 187 Å². The van der Waals surface area contributed by atoms with Gasteiger partial charge >= 0.3 is 0 Å². The van der Waals surface area contributed by atoms with Crippen LogP contribution in [0.4, 0.5) is 40.3 Å². The van der Waals surface area contributed by atoms with Gasteiger partial charge in [0.25, 0.3) is 23.6 Å². The molecule has 6 amide bonds. The Balaban J connectivity index is 0.000000157. The molecule has 11 heterocycles. The molecule has 0 spiro atoms. The standard InChI is InChI=1S/2C24H28FN3O2.C23H27FN4O2.C23H26FN3O2.2ClH/c1-14-19(12-18(29)10-16-6-8-28(3)9-7-16)15(2)26-23(14)13-21-20-11-17(25)4-5-22(20)27-24(21)30;1-14-18(13-23(29)28(3)17-7-5-4-6-8-17)15(2)26-22(14)12-20-19-11-16(25)9-10-21(19)27-24(20)30;1-4-27-7-9-28(10-8-27)22(29)13-17-14(2)21(25-15(17)3)12-19-18-11-16(24)5-6-20(18)26-23(19)30;1-13-18(11-17(28)9-15-5-7-25-8-6-15)14(2)26-22(13)12-20-19-10-16(24)3-4-21(19)27-23(20)29;;/h4-5,11,13,16,26H,6-10,12H2,1-3H3,(H,27,30);9-12,17,26H,4-8,13H2,1-3H3,(H,27,30);5-6,11-12,25H,4,7-10,13H2,1-3H3,(H,26,30);3-4,10,12,15,25-26H,5-9,11H2,1-2H3,(H,27,29);2*1H/b21-13-;20-12-;19-12-;20-12-;;. The molecule has 27 heteroatoms. The molecule has 0 atom stereocenters. The van der Waals surface area contributed by atoms with Gasteiger partial charge in [0.1, 0.15) is 34.8 Å². The van der Waals surface area contributed by atoms with Gasteiger partial charge in [-0.15, -0.1) is 24.8 Å². The normalized spacial score (nSPS) is 17.9. The predicted octanol–water partition coefficient (Wildman–Crippen LogP) is 16.3. The summed E-state index contributed by atoms with van der Waals surface area (Å²) in [5, 5.41) is 14.4. The number of aromatic nitrogens is 4. The average molecular weight is 1700 g/mol. The summed E-state index contributed by atoms with van der Waals surface area (Å²) in [6.07, 6.45) is 19.8. The van der Waals surface area contributed by atoms with Gasteiger partial charge in [0.15, 0.2) is 0 Å². The van der Waals surface area contributed by atoms with Gasteiger partial charge in [0.05, 0.1) is 35.1 Å². The van der Waals surface area contributed by atoms with Crippen LogP contribution in [0.2, 0.25) is 0 Å². The van der Waals surface area contributed by atoms with Crippen molar-refractivity contribution < 1.29 is 55.9 Å². The van der Waals surface area contributed by atoms with E-state index >= 15 is 0 Å². The fourth-order valence-corrected chi connectivity index (χ4v) is 17.7. The zero-order valence-corrected chi connectivity index (χ0v) is 72.5. The Bertz CT molecular complexity index is 5430. The van der Waals surface area contributed by atoms with E-state index in [0.29, 0.717) is 124 Å². The van der Waals surface area contributed by atoms with Crippen LogP contribution in [0.1, 0.15) is 190 Å². The number of rotatable bonds is 18. The minimum Gasteiger partial charge on any atom is -0.359 e. The Morgan fingerprint density at radius 3 is 1.09 bits per heavy atom. The third-order valence-corrected chi connectivity index (χ3v) is 25.2. The number of likely N-dealkylation sites (N-methyl/N-ethyl adjacent to an activating group) is 2. The van der Waals surface area contributed by atoms with E-state index in [2.05, 4.69) is 70.3 Å². The first kappa shape index (κ1) is 91.1. The fourth-order valence-electron chi connectivity index (χ4n) is 17.7. The molecule has 7 aliphatic heterocycles. The molecule has 16 rings (SSSR count). The summed E-state index contributed by atoms with van der Waals surface area (Å²) >= 11 is 0. The number of carbonyl (C=O) groups is 8. The van der Waals surface area contributed by atoms with E-state index in [1.54, 1.807) is 48.6 Å². The van der Waals surface area contributed by atoms with Crippen LogP contribution >= 0.6 is 24.8 Å². The number of likely N-dealkylation sites (tertiary alicyclic amines) is 1. The predicted molar refractivity (Wildman–Crippen MR) is 475 cm³/mol. The largest absolute Gasteiger partial charge is 0.359 e. The number of Topliss-reactive ketones (excluding diaryl/α,β-unsaturated/α-hetero) is 2. The second-order valence-electron chi connectivity index (χ2n) is 33.1. The van der Waals surface area contributed by atoms with Crippen LogP contribution in [0.15, 0.2) is 72.8 Å². The molecular weight excluding hydrogens is 1590 g/mol. The molecular formula is C94H111Cl2F4N13O8. The second-order valence-corrected chi connectivity index (χ2v) is 33.1. The van der Waals surface area contributed by atoms with Gasteiger partial charge in [-0.05, 0) is 287 Å². The molecule has 4 aromatic heterocycles. The van der Waals surface area contributed by atoms with Crippen LogP contribution < -0.4 is 26.6 Å². The molecule has 8 aromatic rings. The van der Waals surface area contributed by atoms with Crippen molar-refractivity contribution in [2.75, 3.05) is 94.3 Å². The van der Waals surface area contributed by atoms with Crippen molar-refractivity contribution in [2.45, 2.75) is 165 Å². The van der Waals surface area contributed by atoms with Crippen LogP contribution in [0.3, 0.4) is 0 Å². The zero-order chi connectivity index (χ0) is 84.8. The smallest absolute Gasteiger partial charge is 0.256 e. The number of piperazine rings is 1. The second kappa shape index (κ2) is 39.9. The molecule has 4 aromatic carbocycles. The van der Waals surface area contributed by atoms with Gasteiger partial charge in [-0.2, -0.15) is 0 Å². The summed E-state index contributed by atoms with van der Waals surface area (Å²) < 4.78 is 54.8. The highest BCUT2D eigenvalue weighted by molar-refractivity contribution is 6.37. The van der Waals surface area contributed by atoms with Crippen molar-refractivity contribution in [3.63, 3.8) is 0 Å². The third-order valence-electron chi connectivity index (χ3n) is 25.2. The summed E-state index contributed by atoms with van der Waals surface area (Å²) in [4.78, 5) is 122. The van der Waals surface area contributed by atoms with Crippen LogP contribution in [0.5, 0.6) is 0 Å². The van der Waals surface area contributed by atoms with Crippen molar-refractivity contribution in [3.8, 4) is 0 Å². The van der Waals surface area contributed by atoms with Gasteiger partial charge in [-0.3, -0.25) is 38.4 Å². The Hall–Kier alpha value is -10.7. The Kier molecular flexibility index (Phi) is 30.0. The quantitative estimate of drug-likeness (QED) is 0.0288. The first-order chi connectivity index (χ1) is 56.9. The summed E-state index contributed by atoms with van der Waals surface area (Å²) in [5.41, 5.74) is 20.9. The Morgan fingerprint density at radius 1 is 0.430 bits per heavy atom. The lowest BCUT2D eigenvalue weighted by Crippen LogP contribution is -2.48. The van der Waals surface area contributed by atoms with Gasteiger partial charge < -0.3 is 66.1 Å². The number of aryl methyl sites for hydroxylation is 4. The molecule has 21 nitrogen and oxygen atoms in total. The summed E-state index contributed by atoms with van der Waals surface area (Å²) in [6.45, 7) is 26.2. The number of benzene rings is 4. The average Bonchev–Trinajstić information content (AvgIpc) is 1.65. The van der Waals surface area contributed by atoms with Crippen LogP contribution in [-0.2, 0) is 64.0 Å². The first-order valence-corrected chi connectivity index (χ1v) is 41.7. The molecule has 1 saturated carbocycles. The van der Waals surface area contributed by atoms with E-state index in [1.165, 1.54) is 67.8 Å². The molecule has 642 valence electrons. The number of halogens is 6. The molecule has 8 aliphatic rings. The maximum Gasteiger partial charge on any atom is 0.256 e. The highest BCUT2D eigenvalue weighted by Gasteiger charge is 2.33.